The second-order valence-electron chi connectivity index (χ2n) is 5.87. The van der Waals surface area contributed by atoms with E-state index in [0.717, 1.165) is 11.1 Å². The molecule has 0 aliphatic carbocycles. The number of halogens is 1. The maximum absolute atomic E-state index is 12.1. The average molecular weight is 375 g/mol. The van der Waals surface area contributed by atoms with Gasteiger partial charge in [-0.15, -0.1) is 0 Å². The van der Waals surface area contributed by atoms with Crippen LogP contribution in [0.2, 0.25) is 5.02 Å². The highest BCUT2D eigenvalue weighted by Crippen LogP contribution is 2.35. The second-order valence-corrected chi connectivity index (χ2v) is 6.27. The number of nitrogens with one attached hydrogen (secondary N) is 1. The minimum atomic E-state index is -0.183. The van der Waals surface area contributed by atoms with Crippen molar-refractivity contribution in [3.63, 3.8) is 0 Å². The molecule has 0 unspecified atom stereocenters. The Morgan fingerprint density at radius 1 is 1.27 bits per heavy atom. The third-order valence-electron chi connectivity index (χ3n) is 3.79. The van der Waals surface area contributed by atoms with Gasteiger partial charge in [0.05, 0.1) is 31.4 Å². The largest absolute Gasteiger partial charge is 0.493 e. The molecule has 6 heteroatoms. The molecule has 0 saturated heterocycles. The third-order valence-corrected chi connectivity index (χ3v) is 4.07. The third kappa shape index (κ3) is 5.23. The van der Waals surface area contributed by atoms with Crippen molar-refractivity contribution in [1.29, 1.82) is 0 Å². The van der Waals surface area contributed by atoms with Crippen LogP contribution in [0, 0.1) is 13.8 Å². The Labute approximate surface area is 159 Å². The molecule has 0 aromatic heterocycles. The van der Waals surface area contributed by atoms with E-state index in [0.29, 0.717) is 28.7 Å². The number of carbonyl (C=O) groups is 1. The van der Waals surface area contributed by atoms with Gasteiger partial charge < -0.3 is 9.47 Å². The van der Waals surface area contributed by atoms with Gasteiger partial charge in [-0.3, -0.25) is 4.79 Å². The number of hydrogen-bond acceptors (Lipinski definition) is 4. The van der Waals surface area contributed by atoms with E-state index in [4.69, 9.17) is 21.1 Å². The summed E-state index contributed by atoms with van der Waals surface area (Å²) in [5.41, 5.74) is 6.47. The van der Waals surface area contributed by atoms with Crippen molar-refractivity contribution in [1.82, 2.24) is 5.43 Å². The Hall–Kier alpha value is -2.53. The first-order valence-electron chi connectivity index (χ1n) is 8.33. The van der Waals surface area contributed by atoms with Crippen LogP contribution < -0.4 is 14.9 Å². The molecule has 0 radical (unpaired) electrons. The Kier molecular flexibility index (Phi) is 7.04. The van der Waals surface area contributed by atoms with Crippen molar-refractivity contribution in [2.45, 2.75) is 27.2 Å². The summed E-state index contributed by atoms with van der Waals surface area (Å²) < 4.78 is 10.8. The SMILES string of the molecule is CCOc1c(Cl)cc(/C=N\NC(=O)Cc2ccc(C)cc2C)cc1OC. The van der Waals surface area contributed by atoms with E-state index in [1.165, 1.54) is 11.8 Å². The first kappa shape index (κ1) is 19.8. The summed E-state index contributed by atoms with van der Waals surface area (Å²) in [6.07, 6.45) is 1.79. The standard InChI is InChI=1S/C20H23ClN2O3/c1-5-26-20-17(21)9-15(10-18(20)25-4)12-22-23-19(24)11-16-7-6-13(2)8-14(16)3/h6-10,12H,5,11H2,1-4H3,(H,23,24)/b22-12-. The normalized spacial score (nSPS) is 10.8. The van der Waals surface area contributed by atoms with Crippen LogP contribution in [-0.4, -0.2) is 25.8 Å². The fraction of sp³-hybridized carbons (Fsp3) is 0.300. The maximum Gasteiger partial charge on any atom is 0.244 e. The van der Waals surface area contributed by atoms with E-state index in [2.05, 4.69) is 16.6 Å². The number of amides is 1. The summed E-state index contributed by atoms with van der Waals surface area (Å²) in [5.74, 6) is 0.826. The van der Waals surface area contributed by atoms with Gasteiger partial charge in [0.15, 0.2) is 11.5 Å². The highest BCUT2D eigenvalue weighted by Gasteiger charge is 2.11. The number of carbonyl (C=O) groups excluding carboxylic acids is 1. The predicted molar refractivity (Wildman–Crippen MR) is 105 cm³/mol. The van der Waals surface area contributed by atoms with E-state index in [1.54, 1.807) is 19.2 Å². The summed E-state index contributed by atoms with van der Waals surface area (Å²) in [4.78, 5) is 12.1. The lowest BCUT2D eigenvalue weighted by Crippen LogP contribution is -2.20. The average Bonchev–Trinajstić information content (AvgIpc) is 2.59. The van der Waals surface area contributed by atoms with Crippen LogP contribution in [0.1, 0.15) is 29.2 Å². The number of ether oxygens (including phenoxy) is 2. The Bertz CT molecular complexity index is 819. The fourth-order valence-corrected chi connectivity index (χ4v) is 2.81. The molecule has 0 aliphatic rings. The van der Waals surface area contributed by atoms with Crippen LogP contribution in [0.25, 0.3) is 0 Å². The molecular formula is C20H23ClN2O3. The van der Waals surface area contributed by atoms with Crippen LogP contribution in [0.15, 0.2) is 35.4 Å². The molecule has 138 valence electrons. The Balaban J connectivity index is 2.03. The number of methoxy groups -OCH3 is 1. The van der Waals surface area contributed by atoms with E-state index in [1.807, 2.05) is 32.9 Å². The van der Waals surface area contributed by atoms with Gasteiger partial charge in [0.1, 0.15) is 0 Å². The lowest BCUT2D eigenvalue weighted by atomic mass is 10.0. The van der Waals surface area contributed by atoms with Crippen molar-refractivity contribution in [3.8, 4) is 11.5 Å². The monoisotopic (exact) mass is 374 g/mol. The first-order valence-corrected chi connectivity index (χ1v) is 8.70. The Morgan fingerprint density at radius 3 is 2.69 bits per heavy atom. The number of nitrogens with zero attached hydrogens (tertiary/aromatic N) is 1. The zero-order chi connectivity index (χ0) is 19.1. The molecule has 26 heavy (non-hydrogen) atoms. The minimum Gasteiger partial charge on any atom is -0.493 e. The molecule has 0 spiro atoms. The minimum absolute atomic E-state index is 0.183. The number of benzene rings is 2. The van der Waals surface area contributed by atoms with Crippen molar-refractivity contribution < 1.29 is 14.3 Å². The molecule has 0 bridgehead atoms. The quantitative estimate of drug-likeness (QED) is 0.587. The molecular weight excluding hydrogens is 352 g/mol. The molecule has 0 aliphatic heterocycles. The van der Waals surface area contributed by atoms with Crippen molar-refractivity contribution in [2.75, 3.05) is 13.7 Å². The van der Waals surface area contributed by atoms with E-state index < -0.39 is 0 Å². The molecule has 5 nitrogen and oxygen atoms in total. The van der Waals surface area contributed by atoms with Gasteiger partial charge in [-0.1, -0.05) is 35.4 Å². The van der Waals surface area contributed by atoms with Crippen LogP contribution in [-0.2, 0) is 11.2 Å². The zero-order valence-electron chi connectivity index (χ0n) is 15.4. The second kappa shape index (κ2) is 9.25. The smallest absolute Gasteiger partial charge is 0.244 e. The number of aryl methyl sites for hydroxylation is 2. The van der Waals surface area contributed by atoms with E-state index in [-0.39, 0.29) is 12.3 Å². The van der Waals surface area contributed by atoms with Gasteiger partial charge in [0.25, 0.3) is 0 Å². The van der Waals surface area contributed by atoms with Gasteiger partial charge in [-0.25, -0.2) is 5.43 Å². The Morgan fingerprint density at radius 2 is 2.04 bits per heavy atom. The molecule has 1 amide bonds. The first-order chi connectivity index (χ1) is 12.4. The summed E-state index contributed by atoms with van der Waals surface area (Å²) in [6.45, 7) is 6.37. The van der Waals surface area contributed by atoms with Gasteiger partial charge in [0, 0.05) is 0 Å². The highest BCUT2D eigenvalue weighted by atomic mass is 35.5. The summed E-state index contributed by atoms with van der Waals surface area (Å²) in [7, 11) is 1.54. The molecule has 2 aromatic rings. The van der Waals surface area contributed by atoms with Crippen LogP contribution in [0.5, 0.6) is 11.5 Å². The van der Waals surface area contributed by atoms with Gasteiger partial charge in [-0.2, -0.15) is 5.10 Å². The molecule has 2 aromatic carbocycles. The van der Waals surface area contributed by atoms with Crippen LogP contribution in [0.3, 0.4) is 0 Å². The van der Waals surface area contributed by atoms with Crippen LogP contribution in [0.4, 0.5) is 0 Å². The molecule has 0 heterocycles. The fourth-order valence-electron chi connectivity index (χ4n) is 2.53. The summed E-state index contributed by atoms with van der Waals surface area (Å²) >= 11 is 6.22. The lowest BCUT2D eigenvalue weighted by molar-refractivity contribution is -0.120. The van der Waals surface area contributed by atoms with E-state index >= 15 is 0 Å². The zero-order valence-corrected chi connectivity index (χ0v) is 16.2. The van der Waals surface area contributed by atoms with Crippen molar-refractivity contribution >= 4 is 23.7 Å². The molecule has 1 N–H and O–H groups in total. The number of hydrogen-bond donors (Lipinski definition) is 1. The van der Waals surface area contributed by atoms with Crippen molar-refractivity contribution in [2.24, 2.45) is 5.10 Å². The topological polar surface area (TPSA) is 59.9 Å². The number of hydrazone groups is 1. The predicted octanol–water partition coefficient (Wildman–Crippen LogP) is 4.06. The molecule has 0 fully saturated rings. The van der Waals surface area contributed by atoms with E-state index in [9.17, 15) is 4.79 Å². The van der Waals surface area contributed by atoms with Gasteiger partial charge >= 0.3 is 0 Å². The summed E-state index contributed by atoms with van der Waals surface area (Å²) in [6, 6.07) is 9.46. The van der Waals surface area contributed by atoms with Gasteiger partial charge in [-0.05, 0) is 49.6 Å². The maximum atomic E-state index is 12.1. The molecule has 2 rings (SSSR count). The van der Waals surface area contributed by atoms with Crippen molar-refractivity contribution in [3.05, 3.63) is 57.6 Å². The highest BCUT2D eigenvalue weighted by molar-refractivity contribution is 6.32. The molecule has 0 saturated carbocycles. The molecule has 0 atom stereocenters. The lowest BCUT2D eigenvalue weighted by Gasteiger charge is -2.11. The summed E-state index contributed by atoms with van der Waals surface area (Å²) in [5, 5.41) is 4.42. The number of rotatable bonds is 7. The van der Waals surface area contributed by atoms with Crippen LogP contribution >= 0.6 is 11.6 Å². The van der Waals surface area contributed by atoms with Gasteiger partial charge in [0.2, 0.25) is 5.91 Å².